The molecule has 4 rings (SSSR count). The second kappa shape index (κ2) is 15.0. The van der Waals surface area contributed by atoms with Crippen LogP contribution in [0, 0.1) is 34.0 Å². The SMILES string of the molecule is N#CCCP(CCC#N)CCC#N.[Cl-].[Cu+].c1cnc2c(c1)c1nccnc1c1cccnc12. The normalized spacial score (nSPS) is 9.64. The summed E-state index contributed by atoms with van der Waals surface area (Å²) in [5.74, 6) is 0. The van der Waals surface area contributed by atoms with Gasteiger partial charge in [-0.05, 0) is 42.8 Å². The smallest absolute Gasteiger partial charge is 1.00 e. The third-order valence-electron chi connectivity index (χ3n) is 4.67. The van der Waals surface area contributed by atoms with Gasteiger partial charge in [0, 0.05) is 54.8 Å². The van der Waals surface area contributed by atoms with Gasteiger partial charge in [0.1, 0.15) is 0 Å². The Labute approximate surface area is 210 Å². The number of rotatable bonds is 6. The van der Waals surface area contributed by atoms with Gasteiger partial charge >= 0.3 is 17.1 Å². The fourth-order valence-corrected chi connectivity index (χ4v) is 5.18. The molecule has 0 N–H and O–H groups in total. The van der Waals surface area contributed by atoms with E-state index >= 15 is 0 Å². The third-order valence-corrected chi connectivity index (χ3v) is 7.24. The van der Waals surface area contributed by atoms with E-state index in [1.54, 1.807) is 24.8 Å². The van der Waals surface area contributed by atoms with Crippen LogP contribution in [0.5, 0.6) is 0 Å². The van der Waals surface area contributed by atoms with Gasteiger partial charge in [0.15, 0.2) is 0 Å². The van der Waals surface area contributed by atoms with E-state index in [-0.39, 0.29) is 37.4 Å². The minimum Gasteiger partial charge on any atom is -1.00 e. The molecule has 0 radical (unpaired) electrons. The number of hydrogen-bond donors (Lipinski definition) is 0. The molecule has 0 aliphatic carbocycles. The molecule has 3 aromatic heterocycles. The minimum atomic E-state index is -0.246. The molecule has 0 saturated heterocycles. The Balaban J connectivity index is 0.000000330. The topological polar surface area (TPSA) is 123 Å². The second-order valence-electron chi connectivity index (χ2n) is 6.62. The quantitative estimate of drug-likeness (QED) is 0.215. The van der Waals surface area contributed by atoms with Crippen LogP contribution < -0.4 is 12.4 Å². The van der Waals surface area contributed by atoms with Crippen LogP contribution in [-0.2, 0) is 17.1 Å². The van der Waals surface area contributed by atoms with Crippen LogP contribution in [-0.4, -0.2) is 38.4 Å². The number of benzene rings is 1. The van der Waals surface area contributed by atoms with Gasteiger partial charge in [0.2, 0.25) is 0 Å². The predicted molar refractivity (Wildman–Crippen MR) is 122 cm³/mol. The maximum absolute atomic E-state index is 8.40. The Morgan fingerprint density at radius 2 is 0.939 bits per heavy atom. The fraction of sp³-hybridized carbons (Fsp3) is 0.261. The van der Waals surface area contributed by atoms with Gasteiger partial charge in [-0.25, -0.2) is 0 Å². The first-order valence-corrected chi connectivity index (χ1v) is 11.7. The average Bonchev–Trinajstić information content (AvgIpc) is 2.84. The van der Waals surface area contributed by atoms with E-state index in [1.807, 2.05) is 24.3 Å². The fourth-order valence-electron chi connectivity index (χ4n) is 3.26. The number of hydrogen-bond acceptors (Lipinski definition) is 7. The van der Waals surface area contributed by atoms with E-state index in [0.717, 1.165) is 51.3 Å². The molecule has 0 aliphatic heterocycles. The standard InChI is InChI=1S/C14H8N4.C9H12N3P.ClH.Cu/c1-3-9-11(15-5-1)12-10(4-2-6-16-12)14-13(9)17-7-8-18-14;10-4-1-7-13(8-2-5-11)9-3-6-12;;/h1-8H;1-3,7-9H2;1H;/q;;;+1/p-1. The molecular weight excluding hydrogens is 504 g/mol. The Bertz CT molecular complexity index is 1050. The summed E-state index contributed by atoms with van der Waals surface area (Å²) in [4.78, 5) is 17.7. The Kier molecular flexibility index (Phi) is 12.8. The summed E-state index contributed by atoms with van der Waals surface area (Å²) in [6.07, 6.45) is 11.3. The maximum Gasteiger partial charge on any atom is 1.00 e. The van der Waals surface area contributed by atoms with Gasteiger partial charge in [-0.2, -0.15) is 15.8 Å². The van der Waals surface area contributed by atoms with Crippen LogP contribution in [0.1, 0.15) is 19.3 Å². The first kappa shape index (κ1) is 28.1. The van der Waals surface area contributed by atoms with Gasteiger partial charge in [-0.3, -0.25) is 19.9 Å². The molecular formula is C23H20ClCuN7P. The van der Waals surface area contributed by atoms with E-state index in [2.05, 4.69) is 38.1 Å². The van der Waals surface area contributed by atoms with Crippen LogP contribution >= 0.6 is 7.92 Å². The average molecular weight is 524 g/mol. The Hall–Kier alpha value is -2.91. The molecule has 0 amide bonds. The zero-order valence-corrected chi connectivity index (χ0v) is 20.2. The predicted octanol–water partition coefficient (Wildman–Crippen LogP) is 1.94. The van der Waals surface area contributed by atoms with Crippen molar-refractivity contribution in [2.24, 2.45) is 0 Å². The van der Waals surface area contributed by atoms with Gasteiger partial charge < -0.3 is 12.4 Å². The molecule has 0 unspecified atom stereocenters. The van der Waals surface area contributed by atoms with Crippen molar-refractivity contribution < 1.29 is 29.5 Å². The van der Waals surface area contributed by atoms with Crippen molar-refractivity contribution in [3.8, 4) is 18.2 Å². The van der Waals surface area contributed by atoms with Crippen LogP contribution in [0.2, 0.25) is 0 Å². The number of pyridine rings is 2. The van der Waals surface area contributed by atoms with Crippen molar-refractivity contribution in [2.75, 3.05) is 18.5 Å². The van der Waals surface area contributed by atoms with Crippen molar-refractivity contribution in [2.45, 2.75) is 19.3 Å². The van der Waals surface area contributed by atoms with Crippen LogP contribution in [0.25, 0.3) is 32.8 Å². The first-order valence-electron chi connectivity index (χ1n) is 9.85. The maximum atomic E-state index is 8.40. The summed E-state index contributed by atoms with van der Waals surface area (Å²) in [5.41, 5.74) is 3.50. The van der Waals surface area contributed by atoms with E-state index in [0.29, 0.717) is 19.3 Å². The third kappa shape index (κ3) is 7.30. The van der Waals surface area contributed by atoms with Crippen molar-refractivity contribution in [3.05, 3.63) is 49.1 Å². The largest absolute Gasteiger partial charge is 1.00 e. The second-order valence-corrected chi connectivity index (χ2v) is 9.30. The molecule has 0 saturated carbocycles. The van der Waals surface area contributed by atoms with Gasteiger partial charge in [-0.1, -0.05) is 0 Å². The molecule has 0 fully saturated rings. The molecule has 7 nitrogen and oxygen atoms in total. The summed E-state index contributed by atoms with van der Waals surface area (Å²) in [6.45, 7) is 0. The summed E-state index contributed by atoms with van der Waals surface area (Å²) in [7, 11) is -0.246. The number of aromatic nitrogens is 4. The zero-order chi connectivity index (χ0) is 21.9. The Morgan fingerprint density at radius 1 is 0.606 bits per heavy atom. The summed E-state index contributed by atoms with van der Waals surface area (Å²) in [6, 6.07) is 14.1. The number of nitriles is 3. The monoisotopic (exact) mass is 523 g/mol. The van der Waals surface area contributed by atoms with Crippen molar-refractivity contribution in [1.29, 1.82) is 15.8 Å². The molecule has 0 spiro atoms. The molecule has 4 aromatic rings. The van der Waals surface area contributed by atoms with E-state index in [4.69, 9.17) is 15.8 Å². The van der Waals surface area contributed by atoms with Crippen molar-refractivity contribution in [1.82, 2.24) is 19.9 Å². The summed E-state index contributed by atoms with van der Waals surface area (Å²) >= 11 is 0. The van der Waals surface area contributed by atoms with Gasteiger partial charge in [0.25, 0.3) is 0 Å². The minimum absolute atomic E-state index is 0. The molecule has 0 aliphatic rings. The Morgan fingerprint density at radius 3 is 1.27 bits per heavy atom. The van der Waals surface area contributed by atoms with Crippen molar-refractivity contribution in [3.63, 3.8) is 0 Å². The molecule has 0 atom stereocenters. The molecule has 170 valence electrons. The molecule has 1 aromatic carbocycles. The molecule has 10 heteroatoms. The molecule has 0 bridgehead atoms. The number of fused-ring (bicyclic) bond motifs is 6. The van der Waals surface area contributed by atoms with Gasteiger partial charge in [0.05, 0.1) is 40.3 Å². The van der Waals surface area contributed by atoms with Crippen LogP contribution in [0.3, 0.4) is 0 Å². The summed E-state index contributed by atoms with van der Waals surface area (Å²) in [5, 5.41) is 27.2. The van der Waals surface area contributed by atoms with Crippen LogP contribution in [0.15, 0.2) is 49.1 Å². The number of nitrogens with zero attached hydrogens (tertiary/aromatic N) is 7. The van der Waals surface area contributed by atoms with E-state index in [1.165, 1.54) is 0 Å². The molecule has 3 heterocycles. The van der Waals surface area contributed by atoms with Crippen molar-refractivity contribution >= 4 is 40.8 Å². The first-order chi connectivity index (χ1) is 15.3. The summed E-state index contributed by atoms with van der Waals surface area (Å²) < 4.78 is 0. The van der Waals surface area contributed by atoms with Gasteiger partial charge in [-0.15, -0.1) is 7.92 Å². The van der Waals surface area contributed by atoms with E-state index in [9.17, 15) is 0 Å². The zero-order valence-electron chi connectivity index (χ0n) is 17.6. The van der Waals surface area contributed by atoms with E-state index < -0.39 is 0 Å². The molecule has 33 heavy (non-hydrogen) atoms. The van der Waals surface area contributed by atoms with Crippen LogP contribution in [0.4, 0.5) is 0 Å². The number of halogens is 1.